The van der Waals surface area contributed by atoms with Gasteiger partial charge in [-0.2, -0.15) is 9.40 Å². The fraction of sp³-hybridized carbons (Fsp3) is 0.444. The second-order valence-corrected chi connectivity index (χ2v) is 11.9. The van der Waals surface area contributed by atoms with Gasteiger partial charge in [-0.25, -0.2) is 18.4 Å². The van der Waals surface area contributed by atoms with Crippen molar-refractivity contribution in [1.29, 1.82) is 0 Å². The number of quaternary nitrogens is 1. The number of fused-ring (bicyclic) bond motifs is 1. The average Bonchev–Trinajstić information content (AvgIpc) is 3.35. The Morgan fingerprint density at radius 2 is 1.90 bits per heavy atom. The summed E-state index contributed by atoms with van der Waals surface area (Å²) in [7, 11) is -2.46. The van der Waals surface area contributed by atoms with Crippen LogP contribution in [0.1, 0.15) is 25.2 Å². The number of likely N-dealkylation sites (N-methyl/N-ethyl adjacent to an activating group) is 1. The van der Waals surface area contributed by atoms with Crippen molar-refractivity contribution >= 4 is 21.1 Å². The third kappa shape index (κ3) is 5.91. The quantitative estimate of drug-likeness (QED) is 0.152. The summed E-state index contributed by atoms with van der Waals surface area (Å²) in [5.74, 6) is 0.184. The fourth-order valence-electron chi connectivity index (χ4n) is 4.91. The Balaban J connectivity index is 1.58. The van der Waals surface area contributed by atoms with E-state index in [1.807, 2.05) is 25.1 Å². The number of methoxy groups -OCH3 is 1. The molecule has 4 aromatic heterocycles. The molecule has 42 heavy (non-hydrogen) atoms. The van der Waals surface area contributed by atoms with Crippen LogP contribution < -0.4 is 10.3 Å². The van der Waals surface area contributed by atoms with Crippen LogP contribution in [-0.2, 0) is 27.7 Å². The van der Waals surface area contributed by atoms with E-state index in [2.05, 4.69) is 20.1 Å². The maximum atomic E-state index is 13.6. The molecule has 0 amide bonds. The van der Waals surface area contributed by atoms with Crippen LogP contribution in [-0.4, -0.2) is 100 Å². The summed E-state index contributed by atoms with van der Waals surface area (Å²) in [5.41, 5.74) is 1.77. The van der Waals surface area contributed by atoms with E-state index in [4.69, 9.17) is 14.5 Å². The van der Waals surface area contributed by atoms with E-state index >= 15 is 0 Å². The number of piperazine rings is 1. The number of hydroxylamine groups is 3. The smallest absolute Gasteiger partial charge is 0.279 e. The summed E-state index contributed by atoms with van der Waals surface area (Å²) in [6.07, 6.45) is 3.44. The predicted octanol–water partition coefficient (Wildman–Crippen LogP) is 1.55. The Morgan fingerprint density at radius 1 is 1.12 bits per heavy atom. The number of hydrogen-bond donors (Lipinski definition) is 1. The van der Waals surface area contributed by atoms with Crippen molar-refractivity contribution in [3.63, 3.8) is 0 Å². The number of nitrogens with one attached hydrogen (secondary N) is 1. The van der Waals surface area contributed by atoms with Crippen molar-refractivity contribution in [2.24, 2.45) is 0 Å². The van der Waals surface area contributed by atoms with Gasteiger partial charge in [0.05, 0.1) is 69.0 Å². The molecule has 0 aliphatic carbocycles. The lowest BCUT2D eigenvalue weighted by molar-refractivity contribution is -0.882. The third-order valence-corrected chi connectivity index (χ3v) is 9.27. The third-order valence-electron chi connectivity index (χ3n) is 7.41. The maximum absolute atomic E-state index is 13.6. The lowest BCUT2D eigenvalue weighted by atomic mass is 10.2. The number of aromatic nitrogens is 6. The summed E-state index contributed by atoms with van der Waals surface area (Å²) < 4.78 is 40.7. The summed E-state index contributed by atoms with van der Waals surface area (Å²) >= 11 is 0. The highest BCUT2D eigenvalue weighted by Gasteiger charge is 2.33. The van der Waals surface area contributed by atoms with Gasteiger partial charge in [-0.15, -0.1) is 0 Å². The van der Waals surface area contributed by atoms with Crippen LogP contribution in [0.3, 0.4) is 0 Å². The van der Waals surface area contributed by atoms with Crippen LogP contribution in [0.2, 0.25) is 0 Å². The first-order valence-corrected chi connectivity index (χ1v) is 15.2. The number of H-pyrrole nitrogens is 1. The number of hydrogen-bond acceptors (Lipinski definition) is 10. The maximum Gasteiger partial charge on any atom is 0.279 e. The molecule has 0 unspecified atom stereocenters. The molecular weight excluding hydrogens is 564 g/mol. The number of rotatable bonds is 11. The lowest BCUT2D eigenvalue weighted by Gasteiger charge is -2.47. The molecule has 1 fully saturated rings. The molecule has 0 radical (unpaired) electrons. The summed E-state index contributed by atoms with van der Waals surface area (Å²) in [5, 5.41) is 17.1. The minimum Gasteiger partial charge on any atom is -0.633 e. The Morgan fingerprint density at radius 3 is 2.57 bits per heavy atom. The molecule has 1 saturated heterocycles. The van der Waals surface area contributed by atoms with Crippen LogP contribution in [0.25, 0.3) is 22.4 Å². The number of aryl methyl sites for hydroxylation is 1. The van der Waals surface area contributed by atoms with Crippen LogP contribution in [0.4, 0.5) is 0 Å². The van der Waals surface area contributed by atoms with Crippen molar-refractivity contribution < 1.29 is 22.5 Å². The van der Waals surface area contributed by atoms with Gasteiger partial charge in [0, 0.05) is 13.3 Å². The van der Waals surface area contributed by atoms with Crippen molar-refractivity contribution in [1.82, 2.24) is 34.0 Å². The first kappa shape index (κ1) is 29.7. The van der Waals surface area contributed by atoms with Gasteiger partial charge in [-0.3, -0.25) is 14.5 Å². The van der Waals surface area contributed by atoms with E-state index < -0.39 is 20.2 Å². The fourth-order valence-corrected chi connectivity index (χ4v) is 6.31. The lowest BCUT2D eigenvalue weighted by Crippen LogP contribution is -2.57. The first-order valence-electron chi connectivity index (χ1n) is 13.8. The first-order chi connectivity index (χ1) is 20.2. The number of aromatic amines is 1. The standard InChI is InChI=1S/C27H34N8O6S/c1-4-22-23-24(32-34(22)18-19-8-6-7-9-28-19)26(36)31-25(30-23)21-16-20(17-29-27(21)41-15-14-40-3)42(38,39)33-10-12-35(37,5-2)13-11-33/h6-9,16-17H,4-5,10-15,18H2,1-3H3,(H,30,31,36). The van der Waals surface area contributed by atoms with E-state index in [-0.39, 0.29) is 67.1 Å². The van der Waals surface area contributed by atoms with Crippen LogP contribution >= 0.6 is 0 Å². The second-order valence-electron chi connectivity index (χ2n) is 9.98. The number of sulfonamides is 1. The number of ether oxygens (including phenoxy) is 2. The molecule has 14 nitrogen and oxygen atoms in total. The average molecular weight is 599 g/mol. The summed E-state index contributed by atoms with van der Waals surface area (Å²) in [6, 6.07) is 6.97. The summed E-state index contributed by atoms with van der Waals surface area (Å²) in [6.45, 7) is 5.41. The van der Waals surface area contributed by atoms with Crippen molar-refractivity contribution in [2.45, 2.75) is 31.7 Å². The van der Waals surface area contributed by atoms with E-state index in [0.717, 1.165) is 11.4 Å². The highest BCUT2D eigenvalue weighted by Crippen LogP contribution is 2.31. The number of pyridine rings is 2. The van der Waals surface area contributed by atoms with Crippen LogP contribution in [0.5, 0.6) is 5.88 Å². The molecule has 0 spiro atoms. The topological polar surface area (TPSA) is 168 Å². The molecule has 224 valence electrons. The molecule has 0 bridgehead atoms. The molecule has 1 aliphatic rings. The molecule has 5 rings (SSSR count). The van der Waals surface area contributed by atoms with E-state index in [0.29, 0.717) is 25.0 Å². The molecule has 1 aliphatic heterocycles. The van der Waals surface area contributed by atoms with Gasteiger partial charge in [-0.1, -0.05) is 13.0 Å². The molecular formula is C27H34N8O6S. The zero-order chi connectivity index (χ0) is 29.9. The second kappa shape index (κ2) is 12.2. The van der Waals surface area contributed by atoms with Crippen molar-refractivity contribution in [3.05, 3.63) is 63.6 Å². The molecule has 5 heterocycles. The highest BCUT2D eigenvalue weighted by atomic mass is 32.2. The van der Waals surface area contributed by atoms with E-state index in [1.165, 1.54) is 23.7 Å². The Bertz CT molecular complexity index is 1720. The van der Waals surface area contributed by atoms with Crippen LogP contribution in [0, 0.1) is 5.21 Å². The molecule has 0 atom stereocenters. The Hall–Kier alpha value is -3.76. The predicted molar refractivity (Wildman–Crippen MR) is 154 cm³/mol. The summed E-state index contributed by atoms with van der Waals surface area (Å²) in [4.78, 5) is 29.3. The number of nitrogens with zero attached hydrogens (tertiary/aromatic N) is 7. The van der Waals surface area contributed by atoms with Gasteiger partial charge in [0.25, 0.3) is 5.56 Å². The molecule has 0 saturated carbocycles. The molecule has 0 aromatic carbocycles. The van der Waals surface area contributed by atoms with Gasteiger partial charge in [0.15, 0.2) is 5.52 Å². The normalized spacial score (nSPS) is 15.7. The van der Waals surface area contributed by atoms with Gasteiger partial charge in [0.1, 0.15) is 22.8 Å². The largest absolute Gasteiger partial charge is 0.633 e. The van der Waals surface area contributed by atoms with E-state index in [1.54, 1.807) is 17.8 Å². The van der Waals surface area contributed by atoms with Gasteiger partial charge in [-0.05, 0) is 31.5 Å². The van der Waals surface area contributed by atoms with Crippen molar-refractivity contribution in [3.8, 4) is 17.3 Å². The zero-order valence-corrected chi connectivity index (χ0v) is 24.6. The Kier molecular flexibility index (Phi) is 8.65. The highest BCUT2D eigenvalue weighted by molar-refractivity contribution is 7.89. The Labute approximate surface area is 243 Å². The minimum atomic E-state index is -3.99. The van der Waals surface area contributed by atoms with E-state index in [9.17, 15) is 18.4 Å². The monoisotopic (exact) mass is 598 g/mol. The molecule has 15 heteroatoms. The van der Waals surface area contributed by atoms with Gasteiger partial charge < -0.3 is 24.3 Å². The zero-order valence-electron chi connectivity index (χ0n) is 23.8. The van der Waals surface area contributed by atoms with Gasteiger partial charge >= 0.3 is 0 Å². The molecule has 1 N–H and O–H groups in total. The van der Waals surface area contributed by atoms with Gasteiger partial charge in [0.2, 0.25) is 15.9 Å². The minimum absolute atomic E-state index is 0.0901. The van der Waals surface area contributed by atoms with Crippen molar-refractivity contribution in [2.75, 3.05) is 53.0 Å². The SMILES string of the molecule is CCc1c2nc(-c3cc(S(=O)(=O)N4CC[N+]([O-])(CC)CC4)cnc3OCCOC)[nH]c(=O)c2nn1Cc1ccccn1. The van der Waals surface area contributed by atoms with Crippen LogP contribution in [0.15, 0.2) is 46.3 Å². The molecule has 4 aromatic rings.